The number of aliphatic hydroxyl groups excluding tert-OH is 1. The van der Waals surface area contributed by atoms with Gasteiger partial charge in [0.25, 0.3) is 6.43 Å². The van der Waals surface area contributed by atoms with E-state index in [0.717, 1.165) is 6.20 Å². The largest absolute Gasteiger partial charge is 0.478 e. The van der Waals surface area contributed by atoms with Crippen LogP contribution in [0.5, 0.6) is 0 Å². The van der Waals surface area contributed by atoms with E-state index in [9.17, 15) is 13.6 Å². The maximum absolute atomic E-state index is 12.0. The molecule has 1 heterocycles. The fourth-order valence-corrected chi connectivity index (χ4v) is 1.02. The predicted molar refractivity (Wildman–Crippen MR) is 51.7 cm³/mol. The fourth-order valence-electron chi connectivity index (χ4n) is 1.02. The molecule has 1 aromatic rings. The van der Waals surface area contributed by atoms with E-state index in [4.69, 9.17) is 10.2 Å². The third kappa shape index (κ3) is 3.13. The second-order valence-corrected chi connectivity index (χ2v) is 3.01. The van der Waals surface area contributed by atoms with Gasteiger partial charge in [-0.25, -0.2) is 13.6 Å². The van der Waals surface area contributed by atoms with Gasteiger partial charge in [-0.05, 0) is 6.07 Å². The van der Waals surface area contributed by atoms with Crippen LogP contribution in [0.25, 0.3) is 0 Å². The van der Waals surface area contributed by atoms with Gasteiger partial charge in [0.1, 0.15) is 11.7 Å². The summed E-state index contributed by atoms with van der Waals surface area (Å²) in [6.45, 7) is -0.429. The third-order valence-corrected chi connectivity index (χ3v) is 1.84. The molecule has 0 aliphatic heterocycles. The lowest BCUT2D eigenvalue weighted by Gasteiger charge is -2.12. The molecule has 3 N–H and O–H groups in total. The number of aliphatic hydroxyl groups is 1. The average molecular weight is 232 g/mol. The number of carboxylic acids is 1. The number of carbonyl (C=O) groups is 1. The molecule has 0 saturated heterocycles. The molecule has 1 atom stereocenters. The maximum Gasteiger partial charge on any atom is 0.339 e. The summed E-state index contributed by atoms with van der Waals surface area (Å²) in [5.74, 6) is -1.22. The molecular formula is C9H10F2N2O3. The number of hydrogen-bond donors (Lipinski definition) is 3. The molecule has 5 nitrogen and oxygen atoms in total. The van der Waals surface area contributed by atoms with Gasteiger partial charge < -0.3 is 15.5 Å². The number of anilines is 1. The Morgan fingerprint density at radius 3 is 2.81 bits per heavy atom. The predicted octanol–water partition coefficient (Wildman–Crippen LogP) is 0.818. The molecule has 0 saturated carbocycles. The Balaban J connectivity index is 2.70. The number of alkyl halides is 2. The Labute approximate surface area is 89.7 Å². The van der Waals surface area contributed by atoms with Gasteiger partial charge in [-0.3, -0.25) is 4.98 Å². The third-order valence-electron chi connectivity index (χ3n) is 1.84. The second-order valence-electron chi connectivity index (χ2n) is 3.01. The van der Waals surface area contributed by atoms with Crippen molar-refractivity contribution in [2.75, 3.05) is 11.9 Å². The van der Waals surface area contributed by atoms with E-state index in [0.29, 0.717) is 0 Å². The first kappa shape index (κ1) is 12.3. The molecule has 1 rings (SSSR count). The number of rotatable bonds is 5. The number of aromatic nitrogens is 1. The van der Waals surface area contributed by atoms with Crippen LogP contribution in [-0.4, -0.2) is 40.2 Å². The SMILES string of the molecule is O=C(O)c1cnccc1NCC(O)C(F)F. The van der Waals surface area contributed by atoms with Crippen molar-refractivity contribution in [3.63, 3.8) is 0 Å². The number of aromatic carboxylic acids is 1. The lowest BCUT2D eigenvalue weighted by atomic mass is 10.2. The van der Waals surface area contributed by atoms with E-state index < -0.39 is 25.0 Å². The smallest absolute Gasteiger partial charge is 0.339 e. The van der Waals surface area contributed by atoms with Crippen molar-refractivity contribution in [1.29, 1.82) is 0 Å². The van der Waals surface area contributed by atoms with Crippen LogP contribution in [-0.2, 0) is 0 Å². The molecule has 0 spiro atoms. The first-order chi connectivity index (χ1) is 7.52. The minimum absolute atomic E-state index is 0.135. The van der Waals surface area contributed by atoms with E-state index in [1.54, 1.807) is 0 Å². The van der Waals surface area contributed by atoms with E-state index in [-0.39, 0.29) is 11.3 Å². The zero-order chi connectivity index (χ0) is 12.1. The van der Waals surface area contributed by atoms with Gasteiger partial charge >= 0.3 is 5.97 Å². The van der Waals surface area contributed by atoms with Gasteiger partial charge in [0.15, 0.2) is 0 Å². The van der Waals surface area contributed by atoms with Gasteiger partial charge in [0, 0.05) is 18.9 Å². The molecule has 0 aromatic carbocycles. The Kier molecular flexibility index (Phi) is 4.12. The molecule has 1 aromatic heterocycles. The van der Waals surface area contributed by atoms with Gasteiger partial charge in [-0.1, -0.05) is 0 Å². The molecular weight excluding hydrogens is 222 g/mol. The van der Waals surface area contributed by atoms with Crippen LogP contribution in [0.15, 0.2) is 18.5 Å². The Bertz CT molecular complexity index is 374. The zero-order valence-corrected chi connectivity index (χ0v) is 8.10. The molecule has 0 bridgehead atoms. The lowest BCUT2D eigenvalue weighted by molar-refractivity contribution is 0.00383. The van der Waals surface area contributed by atoms with Gasteiger partial charge in [0.05, 0.1) is 5.69 Å². The van der Waals surface area contributed by atoms with Crippen molar-refractivity contribution in [3.05, 3.63) is 24.0 Å². The number of hydrogen-bond acceptors (Lipinski definition) is 4. The van der Waals surface area contributed by atoms with Crippen LogP contribution in [0, 0.1) is 0 Å². The fraction of sp³-hybridized carbons (Fsp3) is 0.333. The van der Waals surface area contributed by atoms with Crippen molar-refractivity contribution in [3.8, 4) is 0 Å². The first-order valence-corrected chi connectivity index (χ1v) is 4.39. The minimum atomic E-state index is -2.87. The molecule has 0 amide bonds. The van der Waals surface area contributed by atoms with Crippen molar-refractivity contribution < 1.29 is 23.8 Å². The molecule has 88 valence electrons. The molecule has 7 heteroatoms. The number of halogens is 2. The molecule has 16 heavy (non-hydrogen) atoms. The summed E-state index contributed by atoms with van der Waals surface area (Å²) in [6, 6.07) is 1.33. The molecule has 0 aliphatic rings. The first-order valence-electron chi connectivity index (χ1n) is 4.39. The van der Waals surface area contributed by atoms with Crippen molar-refractivity contribution in [2.45, 2.75) is 12.5 Å². The standard InChI is InChI=1S/C9H10F2N2O3/c10-8(11)7(14)4-13-6-1-2-12-3-5(6)9(15)16/h1-3,7-8,14H,4H2,(H,12,13)(H,15,16). The van der Waals surface area contributed by atoms with Crippen molar-refractivity contribution in [1.82, 2.24) is 4.98 Å². The summed E-state index contributed by atoms with van der Waals surface area (Å²) in [6.07, 6.45) is -2.29. The van der Waals surface area contributed by atoms with Crippen molar-refractivity contribution >= 4 is 11.7 Å². The summed E-state index contributed by atoms with van der Waals surface area (Å²) in [5.41, 5.74) is 0.00571. The quantitative estimate of drug-likeness (QED) is 0.700. The highest BCUT2D eigenvalue weighted by molar-refractivity contribution is 5.93. The normalized spacial score (nSPS) is 12.5. The Hall–Kier alpha value is -1.76. The molecule has 0 fully saturated rings. The van der Waals surface area contributed by atoms with Crippen LogP contribution in [0.1, 0.15) is 10.4 Å². The number of pyridine rings is 1. The van der Waals surface area contributed by atoms with Gasteiger partial charge in [-0.15, -0.1) is 0 Å². The number of carboxylic acid groups (broad SMARTS) is 1. The second kappa shape index (κ2) is 5.36. The van der Waals surface area contributed by atoms with Crippen LogP contribution in [0.4, 0.5) is 14.5 Å². The Morgan fingerprint density at radius 1 is 1.56 bits per heavy atom. The summed E-state index contributed by atoms with van der Waals surface area (Å²) in [5, 5.41) is 20.0. The highest BCUT2D eigenvalue weighted by atomic mass is 19.3. The number of nitrogens with zero attached hydrogens (tertiary/aromatic N) is 1. The highest BCUT2D eigenvalue weighted by Gasteiger charge is 2.17. The van der Waals surface area contributed by atoms with Gasteiger partial charge in [-0.2, -0.15) is 0 Å². The topological polar surface area (TPSA) is 82.5 Å². The van der Waals surface area contributed by atoms with Crippen LogP contribution < -0.4 is 5.32 Å². The molecule has 1 unspecified atom stereocenters. The highest BCUT2D eigenvalue weighted by Crippen LogP contribution is 2.13. The maximum atomic E-state index is 12.0. The van der Waals surface area contributed by atoms with E-state index in [2.05, 4.69) is 10.3 Å². The molecule has 0 radical (unpaired) electrons. The van der Waals surface area contributed by atoms with E-state index >= 15 is 0 Å². The average Bonchev–Trinajstić information content (AvgIpc) is 2.25. The minimum Gasteiger partial charge on any atom is -0.478 e. The van der Waals surface area contributed by atoms with E-state index in [1.165, 1.54) is 12.3 Å². The van der Waals surface area contributed by atoms with Crippen LogP contribution in [0.2, 0.25) is 0 Å². The van der Waals surface area contributed by atoms with Crippen LogP contribution >= 0.6 is 0 Å². The summed E-state index contributed by atoms with van der Waals surface area (Å²) in [4.78, 5) is 14.3. The van der Waals surface area contributed by atoms with E-state index in [1.807, 2.05) is 0 Å². The zero-order valence-electron chi connectivity index (χ0n) is 8.10. The monoisotopic (exact) mass is 232 g/mol. The Morgan fingerprint density at radius 2 is 2.25 bits per heavy atom. The molecule has 0 aliphatic carbocycles. The van der Waals surface area contributed by atoms with Gasteiger partial charge in [0.2, 0.25) is 0 Å². The summed E-state index contributed by atoms with van der Waals surface area (Å²) >= 11 is 0. The lowest BCUT2D eigenvalue weighted by Crippen LogP contribution is -2.27. The summed E-state index contributed by atoms with van der Waals surface area (Å²) in [7, 11) is 0. The number of nitrogens with one attached hydrogen (secondary N) is 1. The van der Waals surface area contributed by atoms with Crippen molar-refractivity contribution in [2.24, 2.45) is 0 Å². The summed E-state index contributed by atoms with van der Waals surface area (Å²) < 4.78 is 23.9. The van der Waals surface area contributed by atoms with Crippen LogP contribution in [0.3, 0.4) is 0 Å².